The lowest BCUT2D eigenvalue weighted by molar-refractivity contribution is 0.0904. The third-order valence-electron chi connectivity index (χ3n) is 3.98. The molecule has 2 atom stereocenters. The lowest BCUT2D eigenvalue weighted by Gasteiger charge is -2.32. The van der Waals surface area contributed by atoms with Crippen molar-refractivity contribution in [1.29, 1.82) is 0 Å². The molecule has 2 heteroatoms. The molecule has 2 rings (SSSR count). The minimum Gasteiger partial charge on any atom is -0.349 e. The van der Waals surface area contributed by atoms with Crippen LogP contribution in [0.1, 0.15) is 50.4 Å². The molecule has 18 heavy (non-hydrogen) atoms. The second kappa shape index (κ2) is 5.13. The van der Waals surface area contributed by atoms with E-state index in [4.69, 9.17) is 0 Å². The van der Waals surface area contributed by atoms with Crippen LogP contribution >= 0.6 is 0 Å². The van der Waals surface area contributed by atoms with Gasteiger partial charge in [0.05, 0.1) is 0 Å². The van der Waals surface area contributed by atoms with Crippen molar-refractivity contribution in [1.82, 2.24) is 5.32 Å². The Hall–Kier alpha value is -1.31. The second-order valence-corrected chi connectivity index (χ2v) is 6.35. The third-order valence-corrected chi connectivity index (χ3v) is 3.98. The molecule has 1 aromatic rings. The number of hydrogen-bond donors (Lipinski definition) is 1. The SMILES string of the molecule is CC(C)(C)C1CCCC1NC(=O)c1ccccc1. The van der Waals surface area contributed by atoms with Crippen LogP contribution < -0.4 is 5.32 Å². The maximum atomic E-state index is 12.2. The molecule has 2 nitrogen and oxygen atoms in total. The van der Waals surface area contributed by atoms with E-state index < -0.39 is 0 Å². The summed E-state index contributed by atoms with van der Waals surface area (Å²) in [6.07, 6.45) is 3.56. The number of hydrogen-bond acceptors (Lipinski definition) is 1. The smallest absolute Gasteiger partial charge is 0.251 e. The van der Waals surface area contributed by atoms with Crippen molar-refractivity contribution in [2.24, 2.45) is 11.3 Å². The molecule has 1 N–H and O–H groups in total. The first-order valence-electron chi connectivity index (χ1n) is 6.84. The van der Waals surface area contributed by atoms with Crippen molar-refractivity contribution in [3.05, 3.63) is 35.9 Å². The van der Waals surface area contributed by atoms with E-state index in [1.165, 1.54) is 12.8 Å². The molecule has 1 aliphatic rings. The Balaban J connectivity index is 2.03. The molecule has 0 spiro atoms. The van der Waals surface area contributed by atoms with Gasteiger partial charge < -0.3 is 5.32 Å². The fraction of sp³-hybridized carbons (Fsp3) is 0.562. The van der Waals surface area contributed by atoms with E-state index in [1.807, 2.05) is 30.3 Å². The number of carbonyl (C=O) groups excluding carboxylic acids is 1. The highest BCUT2D eigenvalue weighted by Gasteiger charge is 2.36. The van der Waals surface area contributed by atoms with E-state index in [9.17, 15) is 4.79 Å². The van der Waals surface area contributed by atoms with Gasteiger partial charge in [0.15, 0.2) is 0 Å². The number of nitrogens with one attached hydrogen (secondary N) is 1. The van der Waals surface area contributed by atoms with Gasteiger partial charge in [-0.3, -0.25) is 4.79 Å². The molecule has 98 valence electrons. The minimum atomic E-state index is 0.0664. The van der Waals surface area contributed by atoms with Gasteiger partial charge in [0.2, 0.25) is 0 Å². The first-order chi connectivity index (χ1) is 8.48. The summed E-state index contributed by atoms with van der Waals surface area (Å²) < 4.78 is 0. The molecular formula is C16H23NO. The zero-order chi connectivity index (χ0) is 13.2. The van der Waals surface area contributed by atoms with E-state index in [0.717, 1.165) is 12.0 Å². The van der Waals surface area contributed by atoms with E-state index >= 15 is 0 Å². The highest BCUT2D eigenvalue weighted by molar-refractivity contribution is 5.94. The minimum absolute atomic E-state index is 0.0664. The van der Waals surface area contributed by atoms with Crippen LogP contribution in [0.2, 0.25) is 0 Å². The van der Waals surface area contributed by atoms with Gasteiger partial charge in [-0.15, -0.1) is 0 Å². The zero-order valence-electron chi connectivity index (χ0n) is 11.6. The van der Waals surface area contributed by atoms with Crippen molar-refractivity contribution in [2.45, 2.75) is 46.1 Å². The van der Waals surface area contributed by atoms with E-state index in [2.05, 4.69) is 26.1 Å². The fourth-order valence-corrected chi connectivity index (χ4v) is 3.01. The topological polar surface area (TPSA) is 29.1 Å². The van der Waals surface area contributed by atoms with Gasteiger partial charge in [-0.1, -0.05) is 45.4 Å². The lowest BCUT2D eigenvalue weighted by Crippen LogP contribution is -2.41. The Labute approximate surface area is 110 Å². The molecule has 0 aliphatic heterocycles. The molecule has 0 saturated heterocycles. The molecular weight excluding hydrogens is 222 g/mol. The molecule has 1 fully saturated rings. The average Bonchev–Trinajstić information content (AvgIpc) is 2.78. The van der Waals surface area contributed by atoms with Crippen LogP contribution in [0.4, 0.5) is 0 Å². The molecule has 2 unspecified atom stereocenters. The number of amides is 1. The Bertz CT molecular complexity index is 405. The summed E-state index contributed by atoms with van der Waals surface area (Å²) in [5.74, 6) is 0.655. The summed E-state index contributed by atoms with van der Waals surface area (Å²) in [5.41, 5.74) is 1.03. The van der Waals surface area contributed by atoms with Crippen LogP contribution in [-0.4, -0.2) is 11.9 Å². The van der Waals surface area contributed by atoms with Crippen molar-refractivity contribution < 1.29 is 4.79 Å². The third kappa shape index (κ3) is 2.92. The van der Waals surface area contributed by atoms with Gasteiger partial charge in [0.25, 0.3) is 5.91 Å². The van der Waals surface area contributed by atoms with Crippen molar-refractivity contribution in [2.75, 3.05) is 0 Å². The van der Waals surface area contributed by atoms with Gasteiger partial charge >= 0.3 is 0 Å². The Morgan fingerprint density at radius 2 is 1.83 bits per heavy atom. The van der Waals surface area contributed by atoms with Gasteiger partial charge in [-0.2, -0.15) is 0 Å². The normalized spacial score (nSPS) is 23.9. The number of carbonyl (C=O) groups is 1. The monoisotopic (exact) mass is 245 g/mol. The van der Waals surface area contributed by atoms with Gasteiger partial charge in [0, 0.05) is 11.6 Å². The van der Waals surface area contributed by atoms with Crippen molar-refractivity contribution >= 4 is 5.91 Å². The van der Waals surface area contributed by atoms with Crippen molar-refractivity contribution in [3.63, 3.8) is 0 Å². The molecule has 1 saturated carbocycles. The first kappa shape index (κ1) is 13.1. The summed E-state index contributed by atoms with van der Waals surface area (Å²) >= 11 is 0. The Kier molecular flexibility index (Phi) is 3.74. The fourth-order valence-electron chi connectivity index (χ4n) is 3.01. The lowest BCUT2D eigenvalue weighted by atomic mass is 9.77. The summed E-state index contributed by atoms with van der Waals surface area (Å²) in [6.45, 7) is 6.81. The maximum absolute atomic E-state index is 12.2. The molecule has 1 aliphatic carbocycles. The first-order valence-corrected chi connectivity index (χ1v) is 6.84. The maximum Gasteiger partial charge on any atom is 0.251 e. The van der Waals surface area contributed by atoms with Crippen LogP contribution in [-0.2, 0) is 0 Å². The quantitative estimate of drug-likeness (QED) is 0.847. The zero-order valence-corrected chi connectivity index (χ0v) is 11.6. The number of rotatable bonds is 2. The van der Waals surface area contributed by atoms with E-state index in [0.29, 0.717) is 12.0 Å². The molecule has 1 aromatic carbocycles. The summed E-state index contributed by atoms with van der Waals surface area (Å²) in [5, 5.41) is 3.21. The Morgan fingerprint density at radius 1 is 1.17 bits per heavy atom. The molecule has 0 bridgehead atoms. The van der Waals surface area contributed by atoms with Gasteiger partial charge in [-0.25, -0.2) is 0 Å². The van der Waals surface area contributed by atoms with Crippen LogP contribution in [0.5, 0.6) is 0 Å². The summed E-state index contributed by atoms with van der Waals surface area (Å²) in [4.78, 5) is 12.2. The number of benzene rings is 1. The van der Waals surface area contributed by atoms with Crippen LogP contribution in [0.25, 0.3) is 0 Å². The molecule has 0 heterocycles. The van der Waals surface area contributed by atoms with Crippen LogP contribution in [0, 0.1) is 11.3 Å². The molecule has 0 radical (unpaired) electrons. The van der Waals surface area contributed by atoms with Gasteiger partial charge in [0.1, 0.15) is 0 Å². The highest BCUT2D eigenvalue weighted by Crippen LogP contribution is 2.39. The standard InChI is InChI=1S/C16H23NO/c1-16(2,3)13-10-7-11-14(13)17-15(18)12-8-5-4-6-9-12/h4-6,8-9,13-14H,7,10-11H2,1-3H3,(H,17,18). The predicted octanol–water partition coefficient (Wildman–Crippen LogP) is 3.63. The summed E-state index contributed by atoms with van der Waals surface area (Å²) in [6, 6.07) is 9.82. The van der Waals surface area contributed by atoms with Crippen molar-refractivity contribution in [3.8, 4) is 0 Å². The predicted molar refractivity (Wildman–Crippen MR) is 74.5 cm³/mol. The van der Waals surface area contributed by atoms with E-state index in [1.54, 1.807) is 0 Å². The highest BCUT2D eigenvalue weighted by atomic mass is 16.1. The molecule has 0 aromatic heterocycles. The average molecular weight is 245 g/mol. The second-order valence-electron chi connectivity index (χ2n) is 6.35. The Morgan fingerprint density at radius 3 is 2.44 bits per heavy atom. The van der Waals surface area contributed by atoms with Crippen LogP contribution in [0.15, 0.2) is 30.3 Å². The van der Waals surface area contributed by atoms with Crippen LogP contribution in [0.3, 0.4) is 0 Å². The largest absolute Gasteiger partial charge is 0.349 e. The summed E-state index contributed by atoms with van der Waals surface area (Å²) in [7, 11) is 0. The molecule has 1 amide bonds. The van der Waals surface area contributed by atoms with E-state index in [-0.39, 0.29) is 11.3 Å². The van der Waals surface area contributed by atoms with Gasteiger partial charge in [-0.05, 0) is 36.3 Å².